The minimum Gasteiger partial charge on any atom is -0.468 e. The van der Waals surface area contributed by atoms with Crippen LogP contribution in [0.5, 0.6) is 0 Å². The van der Waals surface area contributed by atoms with Gasteiger partial charge >= 0.3 is 12.0 Å². The Hall–Kier alpha value is -4.05. The predicted molar refractivity (Wildman–Crippen MR) is 165 cm³/mol. The van der Waals surface area contributed by atoms with E-state index in [0.717, 1.165) is 25.0 Å². The van der Waals surface area contributed by atoms with E-state index in [1.807, 2.05) is 11.8 Å². The van der Waals surface area contributed by atoms with Crippen LogP contribution in [0.4, 0.5) is 10.5 Å². The van der Waals surface area contributed by atoms with Crippen molar-refractivity contribution >= 4 is 47.2 Å². The minimum atomic E-state index is -0.621. The van der Waals surface area contributed by atoms with E-state index in [0.29, 0.717) is 30.5 Å². The summed E-state index contributed by atoms with van der Waals surface area (Å²) >= 11 is 1.87. The number of carbonyl (C=O) groups excluding carboxylic acids is 5. The summed E-state index contributed by atoms with van der Waals surface area (Å²) in [6, 6.07) is 6.24. The number of methoxy groups -OCH3 is 1. The van der Waals surface area contributed by atoms with Crippen molar-refractivity contribution < 1.29 is 38.2 Å². The largest absolute Gasteiger partial charge is 0.468 e. The van der Waals surface area contributed by atoms with Crippen molar-refractivity contribution in [3.8, 4) is 0 Å². The van der Waals surface area contributed by atoms with Crippen molar-refractivity contribution in [2.45, 2.75) is 43.0 Å². The Morgan fingerprint density at radius 3 is 2.53 bits per heavy atom. The number of hydrogen-bond donors (Lipinski definition) is 4. The quantitative estimate of drug-likeness (QED) is 0.0399. The van der Waals surface area contributed by atoms with Gasteiger partial charge in [-0.2, -0.15) is 11.8 Å². The van der Waals surface area contributed by atoms with Crippen molar-refractivity contribution in [2.75, 3.05) is 65.5 Å². The number of ether oxygens (including phenoxy) is 3. The van der Waals surface area contributed by atoms with Gasteiger partial charge in [0.05, 0.1) is 52.2 Å². The molecule has 0 saturated carbocycles. The third-order valence-corrected chi connectivity index (χ3v) is 8.59. The SMILES string of the molecule is COC(=O)CNC(=O)CN(CCOCCOCCNC(=O)CCCC[C@@H]1SC[C@@H]2NC(=O)N[C@@H]21)C(=O)c1ccc(N=[N+]=[N-])cc1. The lowest BCUT2D eigenvalue weighted by atomic mass is 10.0. The van der Waals surface area contributed by atoms with Gasteiger partial charge in [-0.15, -0.1) is 0 Å². The zero-order valence-electron chi connectivity index (χ0n) is 25.2. The highest BCUT2D eigenvalue weighted by Crippen LogP contribution is 2.33. The van der Waals surface area contributed by atoms with Crippen LogP contribution in [0.15, 0.2) is 29.4 Å². The number of esters is 1. The normalized spacial score (nSPS) is 18.2. The van der Waals surface area contributed by atoms with Gasteiger partial charge < -0.3 is 40.4 Å². The Labute approximate surface area is 265 Å². The number of rotatable bonds is 20. The molecule has 45 heavy (non-hydrogen) atoms. The number of fused-ring (bicyclic) bond motifs is 1. The van der Waals surface area contributed by atoms with Crippen LogP contribution in [0.1, 0.15) is 36.0 Å². The Balaban J connectivity index is 1.26. The molecule has 246 valence electrons. The van der Waals surface area contributed by atoms with Crippen LogP contribution in [0.3, 0.4) is 0 Å². The Morgan fingerprint density at radius 2 is 1.80 bits per heavy atom. The third kappa shape index (κ3) is 12.5. The lowest BCUT2D eigenvalue weighted by molar-refractivity contribution is -0.141. The maximum Gasteiger partial charge on any atom is 0.325 e. The van der Waals surface area contributed by atoms with Crippen LogP contribution >= 0.6 is 11.8 Å². The van der Waals surface area contributed by atoms with E-state index in [9.17, 15) is 24.0 Å². The molecule has 2 aliphatic rings. The molecule has 3 rings (SSSR count). The highest BCUT2D eigenvalue weighted by molar-refractivity contribution is 8.00. The van der Waals surface area contributed by atoms with E-state index in [1.165, 1.54) is 36.3 Å². The molecule has 0 aliphatic carbocycles. The smallest absolute Gasteiger partial charge is 0.325 e. The first-order valence-corrected chi connectivity index (χ1v) is 15.7. The number of nitrogens with zero attached hydrogens (tertiary/aromatic N) is 4. The standard InChI is InChI=1S/C28H40N8O8S/c1-42-25(39)16-31-24(38)17-36(27(40)19-6-8-20(9-7-19)34-35-29)11-13-44-15-14-43-12-10-30-23(37)5-3-2-4-22-26-21(18-45-22)32-28(41)33-26/h6-9,21-22,26H,2-5,10-18H2,1H3,(H,30,37)(H,31,38)(H2,32,33,41)/t21-,22-,26-/m0/s1. The van der Waals surface area contributed by atoms with Gasteiger partial charge in [-0.3, -0.25) is 19.2 Å². The summed E-state index contributed by atoms with van der Waals surface area (Å²) in [5, 5.41) is 15.0. The van der Waals surface area contributed by atoms with Gasteiger partial charge in [-0.05, 0) is 30.5 Å². The molecule has 2 fully saturated rings. The molecule has 0 unspecified atom stereocenters. The van der Waals surface area contributed by atoms with Gasteiger partial charge in [-0.25, -0.2) is 4.79 Å². The van der Waals surface area contributed by atoms with E-state index in [-0.39, 0.29) is 69.0 Å². The van der Waals surface area contributed by atoms with Crippen LogP contribution in [0, 0.1) is 0 Å². The molecule has 0 radical (unpaired) electrons. The van der Waals surface area contributed by atoms with Crippen LogP contribution in [-0.4, -0.2) is 117 Å². The number of benzene rings is 1. The molecule has 0 aromatic heterocycles. The zero-order chi connectivity index (χ0) is 32.4. The van der Waals surface area contributed by atoms with Crippen molar-refractivity contribution in [1.82, 2.24) is 26.2 Å². The van der Waals surface area contributed by atoms with E-state index in [4.69, 9.17) is 15.0 Å². The van der Waals surface area contributed by atoms with Gasteiger partial charge in [0, 0.05) is 46.7 Å². The van der Waals surface area contributed by atoms with E-state index < -0.39 is 17.8 Å². The van der Waals surface area contributed by atoms with Crippen LogP contribution in [0.25, 0.3) is 10.4 Å². The van der Waals surface area contributed by atoms with Crippen LogP contribution < -0.4 is 21.3 Å². The fourth-order valence-corrected chi connectivity index (χ4v) is 6.29. The fourth-order valence-electron chi connectivity index (χ4n) is 4.75. The molecule has 1 aromatic rings. The number of nitrogens with one attached hydrogen (secondary N) is 4. The molecule has 2 saturated heterocycles. The van der Waals surface area contributed by atoms with Crippen molar-refractivity contribution in [3.63, 3.8) is 0 Å². The number of amides is 5. The fraction of sp³-hybridized carbons (Fsp3) is 0.607. The molecule has 2 heterocycles. The zero-order valence-corrected chi connectivity index (χ0v) is 26.0. The maximum absolute atomic E-state index is 13.0. The number of unbranched alkanes of at least 4 members (excludes halogenated alkanes) is 1. The number of carbonyl (C=O) groups is 5. The molecule has 0 spiro atoms. The molecular weight excluding hydrogens is 608 g/mol. The summed E-state index contributed by atoms with van der Waals surface area (Å²) in [4.78, 5) is 64.3. The highest BCUT2D eigenvalue weighted by atomic mass is 32.2. The molecule has 3 atom stereocenters. The van der Waals surface area contributed by atoms with Crippen molar-refractivity contribution in [3.05, 3.63) is 40.3 Å². The average Bonchev–Trinajstić information content (AvgIpc) is 3.59. The van der Waals surface area contributed by atoms with Crippen molar-refractivity contribution in [2.24, 2.45) is 5.11 Å². The van der Waals surface area contributed by atoms with Crippen LogP contribution in [0.2, 0.25) is 0 Å². The molecular formula is C28H40N8O8S. The number of hydrogen-bond acceptors (Lipinski definition) is 10. The van der Waals surface area contributed by atoms with E-state index >= 15 is 0 Å². The number of azide groups is 1. The summed E-state index contributed by atoms with van der Waals surface area (Å²) in [5.41, 5.74) is 9.18. The Bertz CT molecular complexity index is 1210. The lowest BCUT2D eigenvalue weighted by Crippen LogP contribution is -2.43. The Morgan fingerprint density at radius 1 is 1.04 bits per heavy atom. The molecule has 4 N–H and O–H groups in total. The summed E-state index contributed by atoms with van der Waals surface area (Å²) < 4.78 is 15.6. The molecule has 5 amide bonds. The van der Waals surface area contributed by atoms with Crippen LogP contribution in [-0.2, 0) is 28.6 Å². The lowest BCUT2D eigenvalue weighted by Gasteiger charge is -2.22. The van der Waals surface area contributed by atoms with Crippen molar-refractivity contribution in [1.29, 1.82) is 0 Å². The molecule has 0 bridgehead atoms. The second kappa shape index (κ2) is 19.4. The second-order valence-corrected chi connectivity index (χ2v) is 11.5. The maximum atomic E-state index is 13.0. The van der Waals surface area contributed by atoms with E-state index in [1.54, 1.807) is 0 Å². The summed E-state index contributed by atoms with van der Waals surface area (Å²) in [7, 11) is 1.20. The Kier molecular flexibility index (Phi) is 15.2. The van der Waals surface area contributed by atoms with Gasteiger partial charge in [0.15, 0.2) is 0 Å². The van der Waals surface area contributed by atoms with Gasteiger partial charge in [0.1, 0.15) is 6.54 Å². The topological polar surface area (TPSA) is 213 Å². The van der Waals surface area contributed by atoms with Gasteiger partial charge in [-0.1, -0.05) is 23.7 Å². The summed E-state index contributed by atoms with van der Waals surface area (Å²) in [6.07, 6.45) is 3.10. The number of thioether (sulfide) groups is 1. The monoisotopic (exact) mass is 648 g/mol. The second-order valence-electron chi connectivity index (χ2n) is 10.3. The molecule has 1 aromatic carbocycles. The van der Waals surface area contributed by atoms with E-state index in [2.05, 4.69) is 36.0 Å². The average molecular weight is 649 g/mol. The number of urea groups is 1. The minimum absolute atomic E-state index is 0.0320. The highest BCUT2D eigenvalue weighted by Gasteiger charge is 2.42. The van der Waals surface area contributed by atoms with Gasteiger partial charge in [0.25, 0.3) is 5.91 Å². The first-order valence-electron chi connectivity index (χ1n) is 14.7. The molecule has 2 aliphatic heterocycles. The summed E-state index contributed by atoms with van der Waals surface area (Å²) in [5.74, 6) is -0.725. The molecule has 17 heteroatoms. The first-order chi connectivity index (χ1) is 21.8. The predicted octanol–water partition coefficient (Wildman–Crippen LogP) is 1.24. The third-order valence-electron chi connectivity index (χ3n) is 7.08. The first kappa shape index (κ1) is 35.4. The van der Waals surface area contributed by atoms with Gasteiger partial charge in [0.2, 0.25) is 11.8 Å². The summed E-state index contributed by atoms with van der Waals surface area (Å²) in [6.45, 7) is 0.776. The molecule has 16 nitrogen and oxygen atoms in total.